The molecule has 8 heteroatoms. The minimum atomic E-state index is -0.677. The standard InChI is InChI=1S/C17H13N3O4S/c1-10-3-2-4-12(7-10)18-17-19-16(22)15(25-17)9-11-5-6-14(21)13(8-11)20(23)24/h2-9,21H,1H3,(H,18,19,22)/b15-9+. The molecule has 1 heterocycles. The number of aliphatic imine (C=N–C) groups is 1. The van der Waals surface area contributed by atoms with Crippen LogP contribution in [-0.2, 0) is 4.79 Å². The number of carbonyl (C=O) groups excluding carboxylic acids is 1. The van der Waals surface area contributed by atoms with Crippen LogP contribution in [0.1, 0.15) is 11.1 Å². The predicted molar refractivity (Wildman–Crippen MR) is 96.7 cm³/mol. The molecule has 0 unspecified atom stereocenters. The second-order valence-electron chi connectivity index (χ2n) is 5.33. The van der Waals surface area contributed by atoms with E-state index in [1.165, 1.54) is 24.3 Å². The number of hydrogen-bond donors (Lipinski definition) is 2. The van der Waals surface area contributed by atoms with E-state index in [-0.39, 0.29) is 5.91 Å². The van der Waals surface area contributed by atoms with Crippen LogP contribution in [0.3, 0.4) is 0 Å². The van der Waals surface area contributed by atoms with E-state index in [1.807, 2.05) is 31.2 Å². The number of nitrogens with zero attached hydrogens (tertiary/aromatic N) is 2. The monoisotopic (exact) mass is 355 g/mol. The van der Waals surface area contributed by atoms with E-state index in [1.54, 1.807) is 0 Å². The summed E-state index contributed by atoms with van der Waals surface area (Å²) in [7, 11) is 0. The summed E-state index contributed by atoms with van der Waals surface area (Å²) in [6, 6.07) is 11.5. The predicted octanol–water partition coefficient (Wildman–Crippen LogP) is 3.50. The van der Waals surface area contributed by atoms with Crippen molar-refractivity contribution in [2.24, 2.45) is 4.99 Å². The number of phenolic OH excluding ortho intramolecular Hbond substituents is 1. The molecule has 1 aliphatic heterocycles. The minimum absolute atomic E-state index is 0.327. The van der Waals surface area contributed by atoms with Gasteiger partial charge in [0.25, 0.3) is 5.91 Å². The lowest BCUT2D eigenvalue weighted by molar-refractivity contribution is -0.385. The number of amidine groups is 1. The molecule has 0 saturated carbocycles. The zero-order valence-corrected chi connectivity index (χ0v) is 13.9. The summed E-state index contributed by atoms with van der Waals surface area (Å²) in [5, 5.41) is 23.5. The number of amides is 1. The van der Waals surface area contributed by atoms with Crippen molar-refractivity contribution in [1.29, 1.82) is 0 Å². The van der Waals surface area contributed by atoms with Gasteiger partial charge >= 0.3 is 5.69 Å². The lowest BCUT2D eigenvalue weighted by Gasteiger charge is -1.98. The summed E-state index contributed by atoms with van der Waals surface area (Å²) >= 11 is 1.15. The summed E-state index contributed by atoms with van der Waals surface area (Å²) in [4.78, 5) is 27.0. The topological polar surface area (TPSA) is 105 Å². The third-order valence-electron chi connectivity index (χ3n) is 3.38. The molecule has 2 aromatic carbocycles. The van der Waals surface area contributed by atoms with Crippen LogP contribution in [0.4, 0.5) is 11.4 Å². The quantitative estimate of drug-likeness (QED) is 0.498. The van der Waals surface area contributed by atoms with Gasteiger partial charge in [0.2, 0.25) is 0 Å². The van der Waals surface area contributed by atoms with Gasteiger partial charge in [0.05, 0.1) is 15.5 Å². The summed E-state index contributed by atoms with van der Waals surface area (Å²) < 4.78 is 0. The number of nitrogens with one attached hydrogen (secondary N) is 1. The molecule has 1 fully saturated rings. The molecule has 0 atom stereocenters. The van der Waals surface area contributed by atoms with Crippen LogP contribution < -0.4 is 5.32 Å². The maximum absolute atomic E-state index is 12.1. The van der Waals surface area contributed by atoms with Crippen molar-refractivity contribution in [3.8, 4) is 5.75 Å². The van der Waals surface area contributed by atoms with Crippen LogP contribution in [0.25, 0.3) is 6.08 Å². The fourth-order valence-electron chi connectivity index (χ4n) is 2.22. The first-order chi connectivity index (χ1) is 11.9. The van der Waals surface area contributed by atoms with Gasteiger partial charge in [0.15, 0.2) is 10.9 Å². The van der Waals surface area contributed by atoms with Gasteiger partial charge in [0.1, 0.15) is 0 Å². The SMILES string of the molecule is Cc1cccc(N=C2NC(=O)/C(=C\c3ccc(O)c([N+](=O)[O-])c3)S2)c1. The largest absolute Gasteiger partial charge is 0.502 e. The van der Waals surface area contributed by atoms with Crippen molar-refractivity contribution >= 4 is 40.3 Å². The molecular formula is C17H13N3O4S. The Kier molecular flexibility index (Phi) is 4.53. The molecule has 0 aromatic heterocycles. The van der Waals surface area contributed by atoms with Crippen molar-refractivity contribution in [3.05, 3.63) is 68.6 Å². The highest BCUT2D eigenvalue weighted by Crippen LogP contribution is 2.31. The van der Waals surface area contributed by atoms with E-state index in [0.29, 0.717) is 15.6 Å². The van der Waals surface area contributed by atoms with E-state index in [2.05, 4.69) is 10.3 Å². The molecule has 0 aliphatic carbocycles. The first kappa shape index (κ1) is 16.7. The maximum atomic E-state index is 12.1. The Labute approximate surface area is 147 Å². The Bertz CT molecular complexity index is 937. The van der Waals surface area contributed by atoms with Gasteiger partial charge in [-0.15, -0.1) is 0 Å². The molecule has 1 amide bonds. The van der Waals surface area contributed by atoms with Crippen molar-refractivity contribution in [2.45, 2.75) is 6.92 Å². The van der Waals surface area contributed by atoms with Gasteiger partial charge in [-0.05, 0) is 54.1 Å². The van der Waals surface area contributed by atoms with Crippen LogP contribution in [0.2, 0.25) is 0 Å². The number of nitro groups is 1. The molecule has 1 saturated heterocycles. The van der Waals surface area contributed by atoms with Crippen LogP contribution in [0.15, 0.2) is 52.4 Å². The molecule has 0 spiro atoms. The number of thioether (sulfide) groups is 1. The second-order valence-corrected chi connectivity index (χ2v) is 6.36. The van der Waals surface area contributed by atoms with E-state index in [4.69, 9.17) is 0 Å². The summed E-state index contributed by atoms with van der Waals surface area (Å²) in [6.45, 7) is 1.95. The zero-order chi connectivity index (χ0) is 18.0. The first-order valence-corrected chi connectivity index (χ1v) is 8.08. The van der Waals surface area contributed by atoms with Gasteiger partial charge < -0.3 is 10.4 Å². The van der Waals surface area contributed by atoms with Crippen molar-refractivity contribution in [1.82, 2.24) is 5.32 Å². The summed E-state index contributed by atoms with van der Waals surface area (Å²) in [5.74, 6) is -0.746. The Morgan fingerprint density at radius 1 is 1.28 bits per heavy atom. The van der Waals surface area contributed by atoms with Gasteiger partial charge in [0, 0.05) is 6.07 Å². The maximum Gasteiger partial charge on any atom is 0.311 e. The Hall–Kier alpha value is -3.13. The lowest BCUT2D eigenvalue weighted by atomic mass is 10.1. The molecule has 2 N–H and O–H groups in total. The number of rotatable bonds is 3. The number of carbonyl (C=O) groups is 1. The Morgan fingerprint density at radius 3 is 2.80 bits per heavy atom. The van der Waals surface area contributed by atoms with Crippen LogP contribution in [0.5, 0.6) is 5.75 Å². The van der Waals surface area contributed by atoms with Crippen molar-refractivity contribution in [2.75, 3.05) is 0 Å². The van der Waals surface area contributed by atoms with Gasteiger partial charge in [-0.1, -0.05) is 18.2 Å². The molecule has 25 heavy (non-hydrogen) atoms. The molecule has 126 valence electrons. The lowest BCUT2D eigenvalue weighted by Crippen LogP contribution is -2.19. The number of phenols is 1. The first-order valence-electron chi connectivity index (χ1n) is 7.26. The summed E-state index contributed by atoms with van der Waals surface area (Å²) in [5.41, 5.74) is 1.82. The molecule has 0 bridgehead atoms. The third kappa shape index (κ3) is 3.86. The highest BCUT2D eigenvalue weighted by atomic mass is 32.2. The Balaban J connectivity index is 1.87. The van der Waals surface area contributed by atoms with Gasteiger partial charge in [-0.25, -0.2) is 4.99 Å². The minimum Gasteiger partial charge on any atom is -0.502 e. The van der Waals surface area contributed by atoms with Gasteiger partial charge in [-0.3, -0.25) is 14.9 Å². The summed E-state index contributed by atoms with van der Waals surface area (Å²) in [6.07, 6.45) is 1.52. The van der Waals surface area contributed by atoms with E-state index in [0.717, 1.165) is 23.0 Å². The molecule has 3 rings (SSSR count). The van der Waals surface area contributed by atoms with Crippen LogP contribution in [0, 0.1) is 17.0 Å². The molecule has 2 aromatic rings. The number of aryl methyl sites for hydroxylation is 1. The average molecular weight is 355 g/mol. The molecule has 7 nitrogen and oxygen atoms in total. The number of benzene rings is 2. The second kappa shape index (κ2) is 6.78. The number of aromatic hydroxyl groups is 1. The number of nitro benzene ring substituents is 1. The van der Waals surface area contributed by atoms with E-state index < -0.39 is 16.4 Å². The molecule has 0 radical (unpaired) electrons. The normalized spacial score (nSPS) is 17.1. The van der Waals surface area contributed by atoms with Crippen LogP contribution >= 0.6 is 11.8 Å². The average Bonchev–Trinajstić information content (AvgIpc) is 2.88. The molecule has 1 aliphatic rings. The van der Waals surface area contributed by atoms with Gasteiger partial charge in [-0.2, -0.15) is 0 Å². The fourth-order valence-corrected chi connectivity index (χ4v) is 3.06. The number of hydrogen-bond acceptors (Lipinski definition) is 6. The van der Waals surface area contributed by atoms with Crippen LogP contribution in [-0.4, -0.2) is 21.1 Å². The fraction of sp³-hybridized carbons (Fsp3) is 0.0588. The Morgan fingerprint density at radius 2 is 2.08 bits per heavy atom. The smallest absolute Gasteiger partial charge is 0.311 e. The van der Waals surface area contributed by atoms with Crippen molar-refractivity contribution < 1.29 is 14.8 Å². The highest BCUT2D eigenvalue weighted by molar-refractivity contribution is 8.18. The molecular weight excluding hydrogens is 342 g/mol. The van der Waals surface area contributed by atoms with E-state index in [9.17, 15) is 20.0 Å². The zero-order valence-electron chi connectivity index (χ0n) is 13.1. The highest BCUT2D eigenvalue weighted by Gasteiger charge is 2.24. The van der Waals surface area contributed by atoms with E-state index >= 15 is 0 Å². The third-order valence-corrected chi connectivity index (χ3v) is 4.29. The van der Waals surface area contributed by atoms with Crippen molar-refractivity contribution in [3.63, 3.8) is 0 Å².